The monoisotopic (exact) mass is 402 g/mol. The molecule has 0 radical (unpaired) electrons. The molecule has 1 amide bonds. The third-order valence-electron chi connectivity index (χ3n) is 5.33. The number of fused-ring (bicyclic) bond motifs is 1. The van der Waals surface area contributed by atoms with Gasteiger partial charge in [-0.1, -0.05) is 24.3 Å². The van der Waals surface area contributed by atoms with Gasteiger partial charge in [0.15, 0.2) is 5.65 Å². The number of nitrogens with one attached hydrogen (secondary N) is 1. The van der Waals surface area contributed by atoms with Crippen molar-refractivity contribution in [3.05, 3.63) is 82.8 Å². The molecule has 0 unspecified atom stereocenters. The first-order valence-corrected chi connectivity index (χ1v) is 10.1. The van der Waals surface area contributed by atoms with Gasteiger partial charge in [0, 0.05) is 49.4 Å². The predicted molar refractivity (Wildman–Crippen MR) is 115 cm³/mol. The molecule has 0 aliphatic rings. The largest absolute Gasteiger partial charge is 0.352 e. The number of nitrogens with zero attached hydrogens (tertiary/aromatic N) is 5. The summed E-state index contributed by atoms with van der Waals surface area (Å²) in [5.74, 6) is 0.0352. The second kappa shape index (κ2) is 8.49. The van der Waals surface area contributed by atoms with E-state index < -0.39 is 0 Å². The van der Waals surface area contributed by atoms with Crippen LogP contribution in [0.5, 0.6) is 0 Å². The van der Waals surface area contributed by atoms with Crippen molar-refractivity contribution in [3.8, 4) is 0 Å². The van der Waals surface area contributed by atoms with Gasteiger partial charge in [-0.25, -0.2) is 14.5 Å². The normalized spacial score (nSPS) is 11.2. The molecular weight excluding hydrogens is 376 g/mol. The molecule has 0 fully saturated rings. The Hall–Kier alpha value is -3.48. The van der Waals surface area contributed by atoms with Gasteiger partial charge in [-0.15, -0.1) is 0 Å². The zero-order chi connectivity index (χ0) is 21.1. The van der Waals surface area contributed by atoms with Crippen LogP contribution in [0.3, 0.4) is 0 Å². The van der Waals surface area contributed by atoms with E-state index in [0.29, 0.717) is 19.4 Å². The molecule has 0 atom stereocenters. The van der Waals surface area contributed by atoms with Crippen LogP contribution in [0.15, 0.2) is 49.1 Å². The van der Waals surface area contributed by atoms with Crippen LogP contribution in [0, 0.1) is 20.8 Å². The number of aryl methyl sites for hydroxylation is 3. The number of aromatic nitrogens is 5. The third-order valence-corrected chi connectivity index (χ3v) is 5.33. The van der Waals surface area contributed by atoms with E-state index >= 15 is 0 Å². The van der Waals surface area contributed by atoms with Crippen molar-refractivity contribution in [1.82, 2.24) is 29.5 Å². The van der Waals surface area contributed by atoms with Crippen molar-refractivity contribution in [2.45, 2.75) is 46.7 Å². The highest BCUT2D eigenvalue weighted by Crippen LogP contribution is 2.17. The highest BCUT2D eigenvalue weighted by Gasteiger charge is 2.12. The van der Waals surface area contributed by atoms with E-state index in [0.717, 1.165) is 40.4 Å². The van der Waals surface area contributed by atoms with E-state index in [9.17, 15) is 4.79 Å². The number of amides is 1. The molecule has 0 spiro atoms. The standard InChI is InChI=1S/C23H26N6O/c1-16-12-22-26-17(2)21(18(3)29(22)27-16)8-9-23(30)25-13-19-4-6-20(7-5-19)14-28-11-10-24-15-28/h4-7,10-12,15H,8-9,13-14H2,1-3H3,(H,25,30). The lowest BCUT2D eigenvalue weighted by atomic mass is 10.1. The van der Waals surface area contributed by atoms with Crippen LogP contribution < -0.4 is 5.32 Å². The molecule has 0 aliphatic carbocycles. The molecule has 4 rings (SSSR count). The van der Waals surface area contributed by atoms with Gasteiger partial charge >= 0.3 is 0 Å². The summed E-state index contributed by atoms with van der Waals surface area (Å²) >= 11 is 0. The van der Waals surface area contributed by atoms with Crippen molar-refractivity contribution in [2.24, 2.45) is 0 Å². The molecule has 30 heavy (non-hydrogen) atoms. The summed E-state index contributed by atoms with van der Waals surface area (Å²) < 4.78 is 3.89. The Balaban J connectivity index is 1.31. The van der Waals surface area contributed by atoms with Crippen LogP contribution in [-0.2, 0) is 24.3 Å². The molecule has 0 aliphatic heterocycles. The second-order valence-corrected chi connectivity index (χ2v) is 7.65. The molecule has 7 nitrogen and oxygen atoms in total. The number of hydrogen-bond acceptors (Lipinski definition) is 4. The highest BCUT2D eigenvalue weighted by atomic mass is 16.1. The smallest absolute Gasteiger partial charge is 0.220 e. The topological polar surface area (TPSA) is 77.1 Å². The van der Waals surface area contributed by atoms with Gasteiger partial charge in [-0.2, -0.15) is 5.10 Å². The summed E-state index contributed by atoms with van der Waals surface area (Å²) in [6.07, 6.45) is 6.59. The maximum Gasteiger partial charge on any atom is 0.220 e. The maximum absolute atomic E-state index is 12.4. The molecular formula is C23H26N6O. The van der Waals surface area contributed by atoms with Crippen LogP contribution >= 0.6 is 0 Å². The zero-order valence-corrected chi connectivity index (χ0v) is 17.6. The van der Waals surface area contributed by atoms with E-state index in [2.05, 4.69) is 44.6 Å². The Morgan fingerprint density at radius 1 is 1.10 bits per heavy atom. The Bertz CT molecular complexity index is 1160. The number of rotatable bonds is 7. The zero-order valence-electron chi connectivity index (χ0n) is 17.6. The number of carbonyl (C=O) groups excluding carboxylic acids is 1. The summed E-state index contributed by atoms with van der Waals surface area (Å²) in [7, 11) is 0. The Morgan fingerprint density at radius 2 is 1.87 bits per heavy atom. The van der Waals surface area contributed by atoms with Crippen molar-refractivity contribution < 1.29 is 4.79 Å². The molecule has 7 heteroatoms. The van der Waals surface area contributed by atoms with Crippen molar-refractivity contribution in [1.29, 1.82) is 0 Å². The minimum absolute atomic E-state index is 0.0352. The van der Waals surface area contributed by atoms with E-state index in [-0.39, 0.29) is 5.91 Å². The molecule has 1 N–H and O–H groups in total. The van der Waals surface area contributed by atoms with Gasteiger partial charge in [-0.3, -0.25) is 4.79 Å². The number of carbonyl (C=O) groups is 1. The lowest BCUT2D eigenvalue weighted by Gasteiger charge is -2.11. The molecule has 3 heterocycles. The number of imidazole rings is 1. The Kier molecular flexibility index (Phi) is 5.61. The minimum atomic E-state index is 0.0352. The first-order valence-electron chi connectivity index (χ1n) is 10.1. The lowest BCUT2D eigenvalue weighted by Crippen LogP contribution is -2.23. The highest BCUT2D eigenvalue weighted by molar-refractivity contribution is 5.76. The molecule has 1 aromatic carbocycles. The summed E-state index contributed by atoms with van der Waals surface area (Å²) in [6, 6.07) is 10.2. The summed E-state index contributed by atoms with van der Waals surface area (Å²) in [6.45, 7) is 7.30. The third kappa shape index (κ3) is 4.40. The average Bonchev–Trinajstić information content (AvgIpc) is 3.36. The predicted octanol–water partition coefficient (Wildman–Crippen LogP) is 3.15. The van der Waals surface area contributed by atoms with E-state index in [1.807, 2.05) is 42.1 Å². The number of benzene rings is 1. The van der Waals surface area contributed by atoms with Crippen molar-refractivity contribution in [2.75, 3.05) is 0 Å². The van der Waals surface area contributed by atoms with Crippen LogP contribution in [0.4, 0.5) is 0 Å². The van der Waals surface area contributed by atoms with Crippen LogP contribution in [-0.4, -0.2) is 30.1 Å². The summed E-state index contributed by atoms with van der Waals surface area (Å²) in [4.78, 5) is 21.1. The second-order valence-electron chi connectivity index (χ2n) is 7.65. The van der Waals surface area contributed by atoms with E-state index in [1.54, 1.807) is 12.5 Å². The minimum Gasteiger partial charge on any atom is -0.352 e. The van der Waals surface area contributed by atoms with Gasteiger partial charge in [0.05, 0.1) is 12.0 Å². The van der Waals surface area contributed by atoms with Gasteiger partial charge in [0.25, 0.3) is 0 Å². The molecule has 154 valence electrons. The maximum atomic E-state index is 12.4. The fourth-order valence-corrected chi connectivity index (χ4v) is 3.68. The molecule has 0 saturated carbocycles. The molecule has 4 aromatic rings. The SMILES string of the molecule is Cc1cc2nc(C)c(CCC(=O)NCc3ccc(Cn4ccnc4)cc3)c(C)n2n1. The molecule has 3 aromatic heterocycles. The van der Waals surface area contributed by atoms with E-state index in [1.165, 1.54) is 5.56 Å². The first-order chi connectivity index (χ1) is 14.5. The Morgan fingerprint density at radius 3 is 2.60 bits per heavy atom. The van der Waals surface area contributed by atoms with Crippen molar-refractivity contribution in [3.63, 3.8) is 0 Å². The summed E-state index contributed by atoms with van der Waals surface area (Å²) in [5, 5.41) is 7.51. The van der Waals surface area contributed by atoms with Crippen LogP contribution in [0.2, 0.25) is 0 Å². The van der Waals surface area contributed by atoms with Gasteiger partial charge in [0.2, 0.25) is 5.91 Å². The molecule has 0 bridgehead atoms. The number of hydrogen-bond donors (Lipinski definition) is 1. The van der Waals surface area contributed by atoms with Crippen LogP contribution in [0.25, 0.3) is 5.65 Å². The fourth-order valence-electron chi connectivity index (χ4n) is 3.68. The van der Waals surface area contributed by atoms with Gasteiger partial charge in [-0.05, 0) is 43.9 Å². The quantitative estimate of drug-likeness (QED) is 0.515. The van der Waals surface area contributed by atoms with E-state index in [4.69, 9.17) is 0 Å². The van der Waals surface area contributed by atoms with Gasteiger partial charge < -0.3 is 9.88 Å². The first kappa shape index (κ1) is 19.8. The lowest BCUT2D eigenvalue weighted by molar-refractivity contribution is -0.121. The Labute approximate surface area is 175 Å². The molecule has 0 saturated heterocycles. The van der Waals surface area contributed by atoms with Crippen molar-refractivity contribution >= 4 is 11.6 Å². The van der Waals surface area contributed by atoms with Crippen LogP contribution in [0.1, 0.15) is 40.2 Å². The summed E-state index contributed by atoms with van der Waals surface area (Å²) in [5.41, 5.74) is 7.17. The van der Waals surface area contributed by atoms with Gasteiger partial charge in [0.1, 0.15) is 0 Å². The average molecular weight is 403 g/mol. The fraction of sp³-hybridized carbons (Fsp3) is 0.304.